The smallest absolute Gasteiger partial charge is 0.305 e. The van der Waals surface area contributed by atoms with Crippen LogP contribution in [0.5, 0.6) is 0 Å². The van der Waals surface area contributed by atoms with E-state index in [-0.39, 0.29) is 47.0 Å². The quantitative estimate of drug-likeness (QED) is 0.596. The average Bonchev–Trinajstić information content (AvgIpc) is 3.30. The maximum atomic E-state index is 12.3. The summed E-state index contributed by atoms with van der Waals surface area (Å²) in [5, 5.41) is 9.69. The molecule has 0 bridgehead atoms. The van der Waals surface area contributed by atoms with Gasteiger partial charge in [-0.1, -0.05) is 25.5 Å². The number of hydrogen-bond acceptors (Lipinski definition) is 5. The van der Waals surface area contributed by atoms with Crippen molar-refractivity contribution >= 4 is 11.8 Å². The lowest BCUT2D eigenvalue weighted by Gasteiger charge is -2.54. The summed E-state index contributed by atoms with van der Waals surface area (Å²) in [6, 6.07) is 0. The molecular formula is C23H30O5. The number of allylic oxidation sites excluding steroid dienone is 1. The van der Waals surface area contributed by atoms with Crippen molar-refractivity contribution in [1.82, 2.24) is 0 Å². The minimum Gasteiger partial charge on any atom is -0.462 e. The highest BCUT2D eigenvalue weighted by molar-refractivity contribution is 6.06. The number of aliphatic hydroxyl groups is 1. The van der Waals surface area contributed by atoms with Gasteiger partial charge in [-0.3, -0.25) is 9.59 Å². The molecule has 5 nitrogen and oxygen atoms in total. The number of esters is 1. The average molecular weight is 386 g/mol. The van der Waals surface area contributed by atoms with Crippen LogP contribution in [0.4, 0.5) is 0 Å². The third-order valence-corrected chi connectivity index (χ3v) is 8.76. The molecule has 1 spiro atoms. The van der Waals surface area contributed by atoms with E-state index in [1.807, 2.05) is 13.0 Å². The van der Waals surface area contributed by atoms with E-state index in [9.17, 15) is 14.7 Å². The molecule has 28 heavy (non-hydrogen) atoms. The molecule has 3 saturated carbocycles. The predicted molar refractivity (Wildman–Crippen MR) is 102 cm³/mol. The number of ketones is 1. The van der Waals surface area contributed by atoms with Gasteiger partial charge in [0.1, 0.15) is 11.7 Å². The van der Waals surface area contributed by atoms with Gasteiger partial charge in [0, 0.05) is 22.8 Å². The Bertz CT molecular complexity index is 812. The van der Waals surface area contributed by atoms with Gasteiger partial charge in [0.25, 0.3) is 0 Å². The summed E-state index contributed by atoms with van der Waals surface area (Å²) in [5.74, 6) is 0.689. The Balaban J connectivity index is 1.51. The molecule has 0 unspecified atom stereocenters. The first-order chi connectivity index (χ1) is 13.3. The van der Waals surface area contributed by atoms with Crippen LogP contribution in [0.1, 0.15) is 59.3 Å². The molecule has 0 radical (unpaired) electrons. The Labute approximate surface area is 166 Å². The van der Waals surface area contributed by atoms with E-state index in [0.717, 1.165) is 37.7 Å². The molecule has 5 aliphatic rings. The van der Waals surface area contributed by atoms with Gasteiger partial charge in [-0.25, -0.2) is 0 Å². The van der Waals surface area contributed by atoms with Gasteiger partial charge < -0.3 is 14.6 Å². The van der Waals surface area contributed by atoms with E-state index in [0.29, 0.717) is 23.8 Å². The van der Waals surface area contributed by atoms with Crippen molar-refractivity contribution in [3.63, 3.8) is 0 Å². The van der Waals surface area contributed by atoms with Crippen molar-refractivity contribution in [2.24, 2.45) is 22.7 Å². The van der Waals surface area contributed by atoms with Gasteiger partial charge in [-0.2, -0.15) is 0 Å². The van der Waals surface area contributed by atoms with E-state index < -0.39 is 0 Å². The van der Waals surface area contributed by atoms with E-state index >= 15 is 0 Å². The summed E-state index contributed by atoms with van der Waals surface area (Å²) in [6.07, 6.45) is 9.08. The Hall–Kier alpha value is -1.46. The van der Waals surface area contributed by atoms with Crippen molar-refractivity contribution in [2.45, 2.75) is 77.1 Å². The molecule has 5 rings (SSSR count). The zero-order valence-corrected chi connectivity index (χ0v) is 17.0. The van der Waals surface area contributed by atoms with Crippen molar-refractivity contribution in [3.8, 4) is 0 Å². The zero-order valence-electron chi connectivity index (χ0n) is 17.0. The standard InChI is InChI=1S/C23H30O5/c1-4-20(26)27-18-8-7-15-16-6-5-14-9-17(25)13(12-24)10-22(14,3)23(16)19(28-23)11-21(15,18)2/h9-10,15-16,18-19,24H,4-8,11-12H2,1-3H3/t15-,16-,18-,19-,21-,22-,23+/m0/s1. The third-order valence-electron chi connectivity index (χ3n) is 8.76. The minimum atomic E-state index is -0.327. The van der Waals surface area contributed by atoms with Gasteiger partial charge in [0.2, 0.25) is 0 Å². The van der Waals surface area contributed by atoms with Gasteiger partial charge in [0.05, 0.1) is 12.7 Å². The number of rotatable bonds is 3. The largest absolute Gasteiger partial charge is 0.462 e. The molecule has 1 heterocycles. The highest BCUT2D eigenvalue weighted by Crippen LogP contribution is 2.74. The van der Waals surface area contributed by atoms with Crippen LogP contribution in [0.25, 0.3) is 0 Å². The molecular weight excluding hydrogens is 356 g/mol. The van der Waals surface area contributed by atoms with Crippen LogP contribution in [-0.2, 0) is 19.1 Å². The number of carbonyl (C=O) groups is 2. The fourth-order valence-electron chi connectivity index (χ4n) is 7.33. The topological polar surface area (TPSA) is 76.1 Å². The Morgan fingerprint density at radius 2 is 2.07 bits per heavy atom. The number of epoxide rings is 1. The Morgan fingerprint density at radius 1 is 1.29 bits per heavy atom. The van der Waals surface area contributed by atoms with E-state index in [1.165, 1.54) is 0 Å². The van der Waals surface area contributed by atoms with Gasteiger partial charge in [-0.15, -0.1) is 0 Å². The monoisotopic (exact) mass is 386 g/mol. The molecule has 5 heteroatoms. The second-order valence-corrected chi connectivity index (χ2v) is 9.83. The Kier molecular flexibility index (Phi) is 3.84. The molecule has 4 fully saturated rings. The van der Waals surface area contributed by atoms with Gasteiger partial charge in [0.15, 0.2) is 5.78 Å². The van der Waals surface area contributed by atoms with E-state index in [1.54, 1.807) is 6.08 Å². The maximum absolute atomic E-state index is 12.3. The lowest BCUT2D eigenvalue weighted by atomic mass is 9.47. The third kappa shape index (κ3) is 2.10. The zero-order chi connectivity index (χ0) is 19.9. The van der Waals surface area contributed by atoms with Crippen LogP contribution in [0.15, 0.2) is 23.3 Å². The molecule has 4 aliphatic carbocycles. The van der Waals surface area contributed by atoms with Gasteiger partial charge in [-0.05, 0) is 56.9 Å². The summed E-state index contributed by atoms with van der Waals surface area (Å²) in [7, 11) is 0. The number of hydrogen-bond donors (Lipinski definition) is 1. The molecule has 0 amide bonds. The molecule has 1 aliphatic heterocycles. The highest BCUT2D eigenvalue weighted by Gasteiger charge is 2.79. The second kappa shape index (κ2) is 5.79. The van der Waals surface area contributed by atoms with Crippen LogP contribution >= 0.6 is 0 Å². The number of carbonyl (C=O) groups excluding carboxylic acids is 2. The minimum absolute atomic E-state index is 0.0200. The van der Waals surface area contributed by atoms with Gasteiger partial charge >= 0.3 is 5.97 Å². The van der Waals surface area contributed by atoms with E-state index in [2.05, 4.69) is 13.8 Å². The highest BCUT2D eigenvalue weighted by atomic mass is 16.6. The normalized spacial score (nSPS) is 48.5. The van der Waals surface area contributed by atoms with Crippen molar-refractivity contribution in [3.05, 3.63) is 23.3 Å². The maximum Gasteiger partial charge on any atom is 0.305 e. The Morgan fingerprint density at radius 3 is 2.79 bits per heavy atom. The second-order valence-electron chi connectivity index (χ2n) is 9.83. The first-order valence-electron chi connectivity index (χ1n) is 10.8. The summed E-state index contributed by atoms with van der Waals surface area (Å²) >= 11 is 0. The molecule has 1 N–H and O–H groups in total. The first kappa shape index (κ1) is 18.6. The number of ether oxygens (including phenoxy) is 2. The number of aliphatic hydroxyl groups excluding tert-OH is 1. The molecule has 0 aromatic heterocycles. The molecule has 1 saturated heterocycles. The lowest BCUT2D eigenvalue weighted by Crippen LogP contribution is -2.57. The number of fused-ring (bicyclic) bond motifs is 3. The SMILES string of the molecule is CCC(=O)O[C@H]1CC[C@H]2[C@@H]3CCC4=CC(=O)C(CO)=C[C@]4(C)[C@@]34O[C@H]4C[C@]12C. The molecule has 0 aromatic rings. The molecule has 0 aromatic carbocycles. The van der Waals surface area contributed by atoms with Crippen LogP contribution in [-0.4, -0.2) is 41.3 Å². The van der Waals surface area contributed by atoms with Crippen LogP contribution < -0.4 is 0 Å². The van der Waals surface area contributed by atoms with Crippen molar-refractivity contribution in [1.29, 1.82) is 0 Å². The lowest BCUT2D eigenvalue weighted by molar-refractivity contribution is -0.157. The summed E-state index contributed by atoms with van der Waals surface area (Å²) in [4.78, 5) is 24.3. The summed E-state index contributed by atoms with van der Waals surface area (Å²) in [5.41, 5.74) is 1.01. The van der Waals surface area contributed by atoms with Crippen LogP contribution in [0, 0.1) is 22.7 Å². The molecule has 152 valence electrons. The fraction of sp³-hybridized carbons (Fsp3) is 0.739. The van der Waals surface area contributed by atoms with Crippen LogP contribution in [0.3, 0.4) is 0 Å². The van der Waals surface area contributed by atoms with Crippen LogP contribution in [0.2, 0.25) is 0 Å². The van der Waals surface area contributed by atoms with Crippen molar-refractivity contribution < 1.29 is 24.2 Å². The first-order valence-corrected chi connectivity index (χ1v) is 10.8. The predicted octanol–water partition coefficient (Wildman–Crippen LogP) is 3.11. The van der Waals surface area contributed by atoms with E-state index in [4.69, 9.17) is 9.47 Å². The fourth-order valence-corrected chi connectivity index (χ4v) is 7.33. The summed E-state index contributed by atoms with van der Waals surface area (Å²) < 4.78 is 12.4. The van der Waals surface area contributed by atoms with Crippen molar-refractivity contribution in [2.75, 3.05) is 6.61 Å². The molecule has 7 atom stereocenters. The summed E-state index contributed by atoms with van der Waals surface area (Å²) in [6.45, 7) is 6.11.